The summed E-state index contributed by atoms with van der Waals surface area (Å²) in [6.45, 7) is 1.95. The van der Waals surface area contributed by atoms with Crippen molar-refractivity contribution in [1.29, 1.82) is 0 Å². The van der Waals surface area contributed by atoms with Gasteiger partial charge in [0.2, 0.25) is 5.89 Å². The number of ether oxygens (including phenoxy) is 1. The minimum absolute atomic E-state index is 0.154. The molecule has 7 nitrogen and oxygen atoms in total. The first-order chi connectivity index (χ1) is 9.10. The quantitative estimate of drug-likeness (QED) is 0.847. The van der Waals surface area contributed by atoms with E-state index < -0.39 is 5.97 Å². The van der Waals surface area contributed by atoms with Gasteiger partial charge in [0.25, 0.3) is 0 Å². The van der Waals surface area contributed by atoms with Gasteiger partial charge in [-0.25, -0.2) is 4.79 Å². The Morgan fingerprint density at radius 3 is 2.89 bits per heavy atom. The van der Waals surface area contributed by atoms with E-state index in [1.807, 2.05) is 0 Å². The molecule has 0 radical (unpaired) electrons. The number of carboxylic acid groups (broad SMARTS) is 1. The van der Waals surface area contributed by atoms with Gasteiger partial charge in [0.1, 0.15) is 5.75 Å². The van der Waals surface area contributed by atoms with Crippen molar-refractivity contribution >= 4 is 11.7 Å². The largest absolute Gasteiger partial charge is 0.497 e. The number of benzene rings is 1. The second-order valence-electron chi connectivity index (χ2n) is 3.80. The number of nitrogens with zero attached hydrogens (tertiary/aromatic N) is 2. The van der Waals surface area contributed by atoms with Crippen LogP contribution in [-0.4, -0.2) is 28.3 Å². The summed E-state index contributed by atoms with van der Waals surface area (Å²) < 4.78 is 9.90. The maximum Gasteiger partial charge on any atom is 0.337 e. The molecule has 2 rings (SSSR count). The number of aromatic carboxylic acids is 1. The fourth-order valence-electron chi connectivity index (χ4n) is 1.57. The average Bonchev–Trinajstić information content (AvgIpc) is 2.81. The van der Waals surface area contributed by atoms with Crippen molar-refractivity contribution in [3.8, 4) is 5.75 Å². The lowest BCUT2D eigenvalue weighted by molar-refractivity contribution is 0.0698. The number of hydrogen-bond acceptors (Lipinski definition) is 6. The molecular weight excluding hydrogens is 250 g/mol. The minimum Gasteiger partial charge on any atom is -0.497 e. The number of aromatic nitrogens is 2. The molecule has 0 atom stereocenters. The molecule has 100 valence electrons. The first kappa shape index (κ1) is 12.9. The highest BCUT2D eigenvalue weighted by molar-refractivity contribution is 5.94. The highest BCUT2D eigenvalue weighted by Crippen LogP contribution is 2.23. The Hall–Kier alpha value is -2.57. The maximum atomic E-state index is 11.1. The zero-order valence-corrected chi connectivity index (χ0v) is 10.5. The smallest absolute Gasteiger partial charge is 0.337 e. The van der Waals surface area contributed by atoms with E-state index in [0.29, 0.717) is 23.2 Å². The summed E-state index contributed by atoms with van der Waals surface area (Å²) in [6.07, 6.45) is 0. The summed E-state index contributed by atoms with van der Waals surface area (Å²) in [7, 11) is 1.52. The number of anilines is 1. The van der Waals surface area contributed by atoms with Crippen LogP contribution < -0.4 is 10.1 Å². The summed E-state index contributed by atoms with van der Waals surface area (Å²) in [6, 6.07) is 4.68. The van der Waals surface area contributed by atoms with Crippen molar-refractivity contribution in [3.05, 3.63) is 35.5 Å². The first-order valence-corrected chi connectivity index (χ1v) is 5.54. The number of methoxy groups -OCH3 is 1. The van der Waals surface area contributed by atoms with Crippen LogP contribution in [-0.2, 0) is 6.54 Å². The molecule has 1 aromatic heterocycles. The number of carboxylic acids is 1. The monoisotopic (exact) mass is 263 g/mol. The Bertz CT molecular complexity index is 594. The van der Waals surface area contributed by atoms with Crippen LogP contribution in [0.25, 0.3) is 0 Å². The third kappa shape index (κ3) is 3.01. The molecule has 1 aromatic carbocycles. The van der Waals surface area contributed by atoms with E-state index >= 15 is 0 Å². The van der Waals surface area contributed by atoms with Crippen LogP contribution in [0.2, 0.25) is 0 Å². The van der Waals surface area contributed by atoms with Crippen molar-refractivity contribution in [2.75, 3.05) is 12.4 Å². The van der Waals surface area contributed by atoms with Crippen LogP contribution in [0.4, 0.5) is 5.69 Å². The lowest BCUT2D eigenvalue weighted by Gasteiger charge is -2.09. The second-order valence-corrected chi connectivity index (χ2v) is 3.80. The molecule has 1 heterocycles. The molecule has 7 heteroatoms. The number of aryl methyl sites for hydroxylation is 1. The van der Waals surface area contributed by atoms with Crippen LogP contribution in [0.1, 0.15) is 22.1 Å². The molecule has 0 bridgehead atoms. The van der Waals surface area contributed by atoms with E-state index in [2.05, 4.69) is 15.5 Å². The van der Waals surface area contributed by atoms with Gasteiger partial charge in [0.05, 0.1) is 24.9 Å². The fourth-order valence-corrected chi connectivity index (χ4v) is 1.57. The molecule has 0 amide bonds. The predicted octanol–water partition coefficient (Wildman–Crippen LogP) is 1.70. The Kier molecular flexibility index (Phi) is 3.65. The molecule has 0 spiro atoms. The summed E-state index contributed by atoms with van der Waals surface area (Å²) in [5.41, 5.74) is 0.593. The van der Waals surface area contributed by atoms with Crippen LogP contribution in [0.3, 0.4) is 0 Å². The lowest BCUT2D eigenvalue weighted by Crippen LogP contribution is -2.07. The number of carbonyl (C=O) groups is 1. The zero-order chi connectivity index (χ0) is 13.8. The highest BCUT2D eigenvalue weighted by Gasteiger charge is 2.12. The third-order valence-electron chi connectivity index (χ3n) is 2.46. The normalized spacial score (nSPS) is 10.2. The van der Waals surface area contributed by atoms with Crippen molar-refractivity contribution in [3.63, 3.8) is 0 Å². The van der Waals surface area contributed by atoms with Gasteiger partial charge in [0.15, 0.2) is 5.82 Å². The summed E-state index contributed by atoms with van der Waals surface area (Å²) in [5, 5.41) is 15.8. The molecule has 0 saturated carbocycles. The van der Waals surface area contributed by atoms with E-state index in [4.69, 9.17) is 14.4 Å². The van der Waals surface area contributed by atoms with E-state index in [1.54, 1.807) is 19.1 Å². The van der Waals surface area contributed by atoms with E-state index in [0.717, 1.165) is 0 Å². The van der Waals surface area contributed by atoms with Gasteiger partial charge in [-0.15, -0.1) is 0 Å². The van der Waals surface area contributed by atoms with E-state index in [1.165, 1.54) is 13.2 Å². The van der Waals surface area contributed by atoms with Crippen molar-refractivity contribution in [2.45, 2.75) is 13.5 Å². The summed E-state index contributed by atoms with van der Waals surface area (Å²) in [4.78, 5) is 15.1. The second kappa shape index (κ2) is 5.38. The molecule has 0 unspecified atom stereocenters. The molecule has 2 N–H and O–H groups in total. The zero-order valence-electron chi connectivity index (χ0n) is 10.5. The van der Waals surface area contributed by atoms with E-state index in [9.17, 15) is 4.79 Å². The number of rotatable bonds is 5. The molecule has 2 aromatic rings. The van der Waals surface area contributed by atoms with Crippen molar-refractivity contribution in [2.24, 2.45) is 0 Å². The predicted molar refractivity (Wildman–Crippen MR) is 66.3 cm³/mol. The molecule has 19 heavy (non-hydrogen) atoms. The van der Waals surface area contributed by atoms with Crippen molar-refractivity contribution in [1.82, 2.24) is 10.1 Å². The van der Waals surface area contributed by atoms with Gasteiger partial charge in [-0.05, 0) is 12.1 Å². The SMILES string of the molecule is COc1ccc(C(=O)O)c(NCc2noc(C)n2)c1. The molecule has 0 aliphatic heterocycles. The lowest BCUT2D eigenvalue weighted by atomic mass is 10.1. The maximum absolute atomic E-state index is 11.1. The van der Waals surface area contributed by atoms with Gasteiger partial charge in [-0.3, -0.25) is 0 Å². The molecular formula is C12H13N3O4. The minimum atomic E-state index is -1.02. The Labute approximate surface area is 109 Å². The Balaban J connectivity index is 2.19. The summed E-state index contributed by atoms with van der Waals surface area (Å²) in [5.74, 6) is 0.462. The van der Waals surface area contributed by atoms with E-state index in [-0.39, 0.29) is 12.1 Å². The topological polar surface area (TPSA) is 97.5 Å². The number of nitrogens with one attached hydrogen (secondary N) is 1. The molecule has 0 aliphatic carbocycles. The number of hydrogen-bond donors (Lipinski definition) is 2. The van der Waals surface area contributed by atoms with Crippen molar-refractivity contribution < 1.29 is 19.2 Å². The van der Waals surface area contributed by atoms with Gasteiger partial charge >= 0.3 is 5.97 Å². The van der Waals surface area contributed by atoms with Gasteiger partial charge in [0, 0.05) is 13.0 Å². The van der Waals surface area contributed by atoms with Crippen LogP contribution in [0.5, 0.6) is 5.75 Å². The molecule has 0 saturated heterocycles. The highest BCUT2D eigenvalue weighted by atomic mass is 16.5. The van der Waals surface area contributed by atoms with Crippen LogP contribution in [0, 0.1) is 6.92 Å². The average molecular weight is 263 g/mol. The Morgan fingerprint density at radius 1 is 1.53 bits per heavy atom. The summed E-state index contributed by atoms with van der Waals surface area (Å²) >= 11 is 0. The molecule has 0 fully saturated rings. The van der Waals surface area contributed by atoms with Gasteiger partial charge < -0.3 is 19.7 Å². The van der Waals surface area contributed by atoms with Gasteiger partial charge in [-0.2, -0.15) is 4.98 Å². The first-order valence-electron chi connectivity index (χ1n) is 5.54. The van der Waals surface area contributed by atoms with Crippen LogP contribution >= 0.6 is 0 Å². The third-order valence-corrected chi connectivity index (χ3v) is 2.46. The Morgan fingerprint density at radius 2 is 2.32 bits per heavy atom. The van der Waals surface area contributed by atoms with Crippen LogP contribution in [0.15, 0.2) is 22.7 Å². The fraction of sp³-hybridized carbons (Fsp3) is 0.250. The standard InChI is InChI=1S/C12H13N3O4/c1-7-14-11(15-19-7)6-13-10-5-8(18-2)3-4-9(10)12(16)17/h3-5,13H,6H2,1-2H3,(H,16,17). The molecule has 0 aliphatic rings. The van der Waals surface area contributed by atoms with Gasteiger partial charge in [-0.1, -0.05) is 5.16 Å².